The molecule has 1 aliphatic carbocycles. The lowest BCUT2D eigenvalue weighted by atomic mass is 9.78. The number of Topliss-reactive ketones (excluding diaryl/α,β-unsaturated/α-hetero) is 2. The summed E-state index contributed by atoms with van der Waals surface area (Å²) in [5.74, 6) is 0.359. The topological polar surface area (TPSA) is 67.4 Å². The Bertz CT molecular complexity index is 833. The summed E-state index contributed by atoms with van der Waals surface area (Å²) in [4.78, 5) is 26.1. The molecule has 8 heteroatoms. The summed E-state index contributed by atoms with van der Waals surface area (Å²) in [5.41, 5.74) is 1.00. The largest absolute Gasteiger partial charge is 0.484 e. The first-order valence-corrected chi connectivity index (χ1v) is 10.8. The molecule has 5 rings (SSSR count). The molecule has 0 unspecified atom stereocenters. The molecule has 0 radical (unpaired) electrons. The van der Waals surface area contributed by atoms with E-state index >= 15 is 0 Å². The number of ether oxygens (including phenoxy) is 1. The highest BCUT2D eigenvalue weighted by Crippen LogP contribution is 2.53. The maximum atomic E-state index is 12.9. The quantitative estimate of drug-likeness (QED) is 0.632. The molecule has 4 aliphatic rings. The highest BCUT2D eigenvalue weighted by molar-refractivity contribution is 8.05. The Hall–Kier alpha value is -1.05. The van der Waals surface area contributed by atoms with Crippen molar-refractivity contribution in [2.45, 2.75) is 36.5 Å². The molecule has 1 aromatic carbocycles. The third kappa shape index (κ3) is 3.74. The van der Waals surface area contributed by atoms with Crippen molar-refractivity contribution in [3.8, 4) is 0 Å². The summed E-state index contributed by atoms with van der Waals surface area (Å²) in [7, 11) is 0. The van der Waals surface area contributed by atoms with Gasteiger partial charge in [-0.05, 0) is 44.9 Å². The minimum atomic E-state index is -0.397. The zero-order valence-electron chi connectivity index (χ0n) is 16.1. The van der Waals surface area contributed by atoms with Crippen LogP contribution < -0.4 is 10.6 Å². The number of hydrogen-bond donors (Lipinski definition) is 2. The first-order chi connectivity index (χ1) is 13.2. The van der Waals surface area contributed by atoms with E-state index in [1.54, 1.807) is 17.8 Å². The van der Waals surface area contributed by atoms with Gasteiger partial charge in [0.25, 0.3) is 0 Å². The number of hydrogen-bond acceptors (Lipinski definition) is 6. The minimum absolute atomic E-state index is 0. The van der Waals surface area contributed by atoms with Gasteiger partial charge in [-0.25, -0.2) is 0 Å². The van der Waals surface area contributed by atoms with Gasteiger partial charge in [0.05, 0.1) is 5.25 Å². The first kappa shape index (κ1) is 22.6. The van der Waals surface area contributed by atoms with E-state index < -0.39 is 11.6 Å². The van der Waals surface area contributed by atoms with Gasteiger partial charge in [0.1, 0.15) is 16.3 Å². The molecule has 5 nitrogen and oxygen atoms in total. The lowest BCUT2D eigenvalue weighted by Gasteiger charge is -2.51. The Morgan fingerprint density at radius 2 is 1.52 bits per heavy atom. The van der Waals surface area contributed by atoms with E-state index in [1.807, 2.05) is 18.2 Å². The Kier molecular flexibility index (Phi) is 7.01. The molecule has 0 saturated carbocycles. The van der Waals surface area contributed by atoms with E-state index in [0.717, 1.165) is 57.4 Å². The van der Waals surface area contributed by atoms with E-state index in [-0.39, 0.29) is 35.7 Å². The molecule has 158 valence electrons. The second-order valence-corrected chi connectivity index (χ2v) is 9.06. The Morgan fingerprint density at radius 1 is 0.897 bits per heavy atom. The predicted octanol–water partition coefficient (Wildman–Crippen LogP) is 3.22. The number of rotatable bonds is 1. The van der Waals surface area contributed by atoms with Gasteiger partial charge in [-0.2, -0.15) is 0 Å². The minimum Gasteiger partial charge on any atom is -0.484 e. The number of fused-ring (bicyclic) bond motifs is 2. The zero-order valence-corrected chi connectivity index (χ0v) is 18.5. The second kappa shape index (κ2) is 8.98. The van der Waals surface area contributed by atoms with E-state index in [4.69, 9.17) is 4.74 Å². The normalized spacial score (nSPS) is 26.0. The fraction of sp³-hybridized carbons (Fsp3) is 0.524. The molecule has 0 bridgehead atoms. The standard InChI is InChI=1S/C21H24N2O3S.2ClH/c24-16-14-3-1-2-4-15(14)18-19(17(16)25)27-20(13-5-9-22-10-6-13)21(26-18)7-11-23-12-8-21;;/h1-4,13,20,22-23H,5-12H2;2*1H/t20-;;/m1../s1. The van der Waals surface area contributed by atoms with Gasteiger partial charge in [-0.15, -0.1) is 36.6 Å². The molecular weight excluding hydrogens is 431 g/mol. The Balaban J connectivity index is 0.00000120. The Labute approximate surface area is 187 Å². The highest BCUT2D eigenvalue weighted by Gasteiger charge is 2.53. The van der Waals surface area contributed by atoms with Gasteiger partial charge in [-0.1, -0.05) is 24.3 Å². The van der Waals surface area contributed by atoms with E-state index in [2.05, 4.69) is 10.6 Å². The number of ketones is 2. The summed E-state index contributed by atoms with van der Waals surface area (Å²) in [6, 6.07) is 7.37. The van der Waals surface area contributed by atoms with Crippen molar-refractivity contribution >= 4 is 53.9 Å². The molecule has 2 saturated heterocycles. The predicted molar refractivity (Wildman–Crippen MR) is 120 cm³/mol. The molecule has 1 spiro atoms. The van der Waals surface area contributed by atoms with Crippen molar-refractivity contribution in [3.05, 3.63) is 40.3 Å². The second-order valence-electron chi connectivity index (χ2n) is 7.90. The van der Waals surface area contributed by atoms with Crippen LogP contribution in [-0.4, -0.2) is 48.6 Å². The molecule has 3 aliphatic heterocycles. The van der Waals surface area contributed by atoms with Gasteiger partial charge in [-0.3, -0.25) is 9.59 Å². The first-order valence-electron chi connectivity index (χ1n) is 9.89. The summed E-state index contributed by atoms with van der Waals surface area (Å²) < 4.78 is 6.76. The summed E-state index contributed by atoms with van der Waals surface area (Å²) in [6.07, 6.45) is 4.07. The summed E-state index contributed by atoms with van der Waals surface area (Å²) >= 11 is 1.63. The van der Waals surface area contributed by atoms with Crippen LogP contribution in [0.15, 0.2) is 29.2 Å². The van der Waals surface area contributed by atoms with Crippen LogP contribution in [0.25, 0.3) is 5.76 Å². The number of allylic oxidation sites excluding steroid dienone is 1. The van der Waals surface area contributed by atoms with Gasteiger partial charge in [0, 0.05) is 24.0 Å². The average molecular weight is 457 g/mol. The van der Waals surface area contributed by atoms with Crippen LogP contribution in [0.3, 0.4) is 0 Å². The maximum absolute atomic E-state index is 12.9. The summed E-state index contributed by atoms with van der Waals surface area (Å²) in [5, 5.41) is 7.11. The molecular formula is C21H26Cl2N2O3S. The van der Waals surface area contributed by atoms with Crippen molar-refractivity contribution in [2.75, 3.05) is 26.2 Å². The van der Waals surface area contributed by atoms with Crippen molar-refractivity contribution in [3.63, 3.8) is 0 Å². The van der Waals surface area contributed by atoms with E-state index in [9.17, 15) is 9.59 Å². The molecule has 1 aromatic rings. The highest BCUT2D eigenvalue weighted by atomic mass is 35.5. The van der Waals surface area contributed by atoms with Crippen molar-refractivity contribution in [1.29, 1.82) is 0 Å². The zero-order chi connectivity index (χ0) is 18.4. The van der Waals surface area contributed by atoms with Crippen LogP contribution in [0, 0.1) is 5.92 Å². The molecule has 0 amide bonds. The molecule has 0 aromatic heterocycles. The van der Waals surface area contributed by atoms with Crippen LogP contribution in [0.5, 0.6) is 0 Å². The molecule has 3 heterocycles. The number of carbonyl (C=O) groups excluding carboxylic acids is 2. The Morgan fingerprint density at radius 3 is 2.21 bits per heavy atom. The summed E-state index contributed by atoms with van der Waals surface area (Å²) in [6.45, 7) is 3.88. The SMILES string of the molecule is Cl.Cl.O=C1C(=O)c2ccccc2C2=C1S[C@H](C1CCNCC1)C1(CCNCC1)O2. The van der Waals surface area contributed by atoms with Crippen LogP contribution in [-0.2, 0) is 9.53 Å². The van der Waals surface area contributed by atoms with Crippen LogP contribution in [0.1, 0.15) is 41.6 Å². The van der Waals surface area contributed by atoms with E-state index in [0.29, 0.717) is 22.1 Å². The van der Waals surface area contributed by atoms with Crippen molar-refractivity contribution < 1.29 is 14.3 Å². The van der Waals surface area contributed by atoms with Crippen molar-refractivity contribution in [1.82, 2.24) is 10.6 Å². The van der Waals surface area contributed by atoms with Gasteiger partial charge in [0.2, 0.25) is 11.6 Å². The van der Waals surface area contributed by atoms with Gasteiger partial charge < -0.3 is 15.4 Å². The van der Waals surface area contributed by atoms with Crippen LogP contribution in [0.2, 0.25) is 0 Å². The third-order valence-electron chi connectivity index (χ3n) is 6.37. The number of carbonyl (C=O) groups is 2. The fourth-order valence-corrected chi connectivity index (χ4v) is 6.62. The number of nitrogens with one attached hydrogen (secondary N) is 2. The van der Waals surface area contributed by atoms with Crippen LogP contribution in [0.4, 0.5) is 0 Å². The van der Waals surface area contributed by atoms with Gasteiger partial charge in [0.15, 0.2) is 0 Å². The van der Waals surface area contributed by atoms with E-state index in [1.165, 1.54) is 0 Å². The number of benzene rings is 1. The number of piperidine rings is 2. The monoisotopic (exact) mass is 456 g/mol. The maximum Gasteiger partial charge on any atom is 0.243 e. The number of thioether (sulfide) groups is 1. The molecule has 29 heavy (non-hydrogen) atoms. The van der Waals surface area contributed by atoms with Crippen LogP contribution >= 0.6 is 36.6 Å². The van der Waals surface area contributed by atoms with Gasteiger partial charge >= 0.3 is 0 Å². The smallest absolute Gasteiger partial charge is 0.243 e. The number of halogens is 2. The lowest BCUT2D eigenvalue weighted by molar-refractivity contribution is -0.111. The molecule has 2 fully saturated rings. The average Bonchev–Trinajstić information content (AvgIpc) is 2.73. The van der Waals surface area contributed by atoms with Crippen molar-refractivity contribution in [2.24, 2.45) is 5.92 Å². The fourth-order valence-electron chi connectivity index (χ4n) is 4.94. The lowest BCUT2D eigenvalue weighted by Crippen LogP contribution is -2.56. The third-order valence-corrected chi connectivity index (χ3v) is 8.04. The molecule has 2 N–H and O–H groups in total. The molecule has 1 atom stereocenters.